The maximum absolute atomic E-state index is 11.2. The molecule has 0 bridgehead atoms. The maximum atomic E-state index is 11.2. The molecule has 1 aromatic carbocycles. The van der Waals surface area contributed by atoms with Crippen LogP contribution in [0.2, 0.25) is 0 Å². The average Bonchev–Trinajstić information content (AvgIpc) is 2.30. The number of nitrogen functional groups attached to an aromatic ring is 1. The smallest absolute Gasteiger partial charge is 0.161 e. The van der Waals surface area contributed by atoms with E-state index in [0.29, 0.717) is 11.3 Å². The number of ether oxygens (including phenoxy) is 2. The molecule has 0 atom stereocenters. The highest BCUT2D eigenvalue weighted by Crippen LogP contribution is 2.23. The van der Waals surface area contributed by atoms with Gasteiger partial charge in [-0.1, -0.05) is 0 Å². The minimum atomic E-state index is -0.0277. The van der Waals surface area contributed by atoms with E-state index in [2.05, 4.69) is 0 Å². The van der Waals surface area contributed by atoms with Gasteiger partial charge >= 0.3 is 0 Å². The molecular weight excluding hydrogens is 218 g/mol. The Balaban J connectivity index is 2.06. The van der Waals surface area contributed by atoms with Crippen molar-refractivity contribution >= 4 is 11.5 Å². The van der Waals surface area contributed by atoms with E-state index in [0.717, 1.165) is 31.8 Å². The van der Waals surface area contributed by atoms with E-state index in [1.807, 2.05) is 0 Å². The van der Waals surface area contributed by atoms with E-state index < -0.39 is 0 Å². The third-order valence-electron chi connectivity index (χ3n) is 2.87. The first-order valence-electron chi connectivity index (χ1n) is 5.81. The fraction of sp³-hybridized carbons (Fsp3) is 0.462. The predicted octanol–water partition coefficient (Wildman–Crippen LogP) is 2.03. The third-order valence-corrected chi connectivity index (χ3v) is 2.87. The molecule has 2 N–H and O–H groups in total. The van der Waals surface area contributed by atoms with Crippen LogP contribution in [0, 0.1) is 0 Å². The maximum Gasteiger partial charge on any atom is 0.161 e. The number of rotatable bonds is 3. The van der Waals surface area contributed by atoms with Crippen molar-refractivity contribution in [2.75, 3.05) is 18.9 Å². The van der Waals surface area contributed by atoms with Gasteiger partial charge in [0.2, 0.25) is 0 Å². The summed E-state index contributed by atoms with van der Waals surface area (Å²) in [6.07, 6.45) is 1.98. The minimum absolute atomic E-state index is 0.0277. The number of carbonyl (C=O) groups is 1. The van der Waals surface area contributed by atoms with Gasteiger partial charge in [0.15, 0.2) is 5.78 Å². The number of Topliss-reactive ketones (excluding diaryl/α,β-unsaturated/α-hetero) is 1. The molecule has 1 aliphatic rings. The average molecular weight is 235 g/mol. The first-order chi connectivity index (χ1) is 8.16. The van der Waals surface area contributed by atoms with Crippen LogP contribution in [0.5, 0.6) is 5.75 Å². The number of benzene rings is 1. The summed E-state index contributed by atoms with van der Waals surface area (Å²) in [5.41, 5.74) is 6.82. The van der Waals surface area contributed by atoms with Gasteiger partial charge in [-0.3, -0.25) is 4.79 Å². The van der Waals surface area contributed by atoms with E-state index in [4.69, 9.17) is 15.2 Å². The Hall–Kier alpha value is -1.55. The van der Waals surface area contributed by atoms with E-state index in [9.17, 15) is 4.79 Å². The summed E-state index contributed by atoms with van der Waals surface area (Å²) in [5, 5.41) is 0. The highest BCUT2D eigenvalue weighted by molar-refractivity contribution is 5.99. The molecule has 17 heavy (non-hydrogen) atoms. The van der Waals surface area contributed by atoms with Crippen molar-refractivity contribution in [1.29, 1.82) is 0 Å². The molecule has 4 nitrogen and oxygen atoms in total. The van der Waals surface area contributed by atoms with E-state index in [1.165, 1.54) is 6.92 Å². The quantitative estimate of drug-likeness (QED) is 0.643. The predicted molar refractivity (Wildman–Crippen MR) is 65.3 cm³/mol. The molecular formula is C13H17NO3. The van der Waals surface area contributed by atoms with Crippen molar-refractivity contribution in [2.45, 2.75) is 25.9 Å². The molecule has 0 spiro atoms. The van der Waals surface area contributed by atoms with Crippen molar-refractivity contribution in [3.63, 3.8) is 0 Å². The second-order valence-corrected chi connectivity index (χ2v) is 4.23. The minimum Gasteiger partial charge on any atom is -0.490 e. The summed E-state index contributed by atoms with van der Waals surface area (Å²) >= 11 is 0. The fourth-order valence-electron chi connectivity index (χ4n) is 1.92. The van der Waals surface area contributed by atoms with Crippen LogP contribution in [0.3, 0.4) is 0 Å². The Morgan fingerprint density at radius 3 is 2.71 bits per heavy atom. The van der Waals surface area contributed by atoms with Gasteiger partial charge in [0.05, 0.1) is 13.2 Å². The van der Waals surface area contributed by atoms with Crippen molar-refractivity contribution in [1.82, 2.24) is 0 Å². The van der Waals surface area contributed by atoms with Gasteiger partial charge < -0.3 is 15.2 Å². The Kier molecular flexibility index (Phi) is 3.64. The van der Waals surface area contributed by atoms with Crippen LogP contribution in [-0.4, -0.2) is 25.1 Å². The molecule has 2 rings (SSSR count). The number of hydrogen-bond acceptors (Lipinski definition) is 4. The zero-order chi connectivity index (χ0) is 12.3. The lowest BCUT2D eigenvalue weighted by Gasteiger charge is -2.23. The summed E-state index contributed by atoms with van der Waals surface area (Å²) in [7, 11) is 0. The summed E-state index contributed by atoms with van der Waals surface area (Å²) in [6.45, 7) is 2.99. The molecule has 0 unspecified atom stereocenters. The molecule has 92 valence electrons. The first kappa shape index (κ1) is 11.9. The van der Waals surface area contributed by atoms with Crippen LogP contribution in [-0.2, 0) is 4.74 Å². The van der Waals surface area contributed by atoms with E-state index in [-0.39, 0.29) is 11.9 Å². The Morgan fingerprint density at radius 1 is 1.41 bits per heavy atom. The first-order valence-corrected chi connectivity index (χ1v) is 5.81. The van der Waals surface area contributed by atoms with Crippen molar-refractivity contribution in [2.24, 2.45) is 0 Å². The van der Waals surface area contributed by atoms with Crippen LogP contribution in [0.15, 0.2) is 18.2 Å². The molecule has 1 aromatic rings. The largest absolute Gasteiger partial charge is 0.490 e. The van der Waals surface area contributed by atoms with Gasteiger partial charge in [0.25, 0.3) is 0 Å². The zero-order valence-electron chi connectivity index (χ0n) is 9.94. The van der Waals surface area contributed by atoms with Crippen molar-refractivity contribution in [3.8, 4) is 5.75 Å². The van der Waals surface area contributed by atoms with Gasteiger partial charge in [-0.05, 0) is 19.1 Å². The van der Waals surface area contributed by atoms with Crippen LogP contribution in [0.1, 0.15) is 30.1 Å². The molecule has 1 saturated heterocycles. The van der Waals surface area contributed by atoms with Crippen LogP contribution < -0.4 is 10.5 Å². The lowest BCUT2D eigenvalue weighted by molar-refractivity contribution is 0.0256. The van der Waals surface area contributed by atoms with Crippen molar-refractivity contribution < 1.29 is 14.3 Å². The van der Waals surface area contributed by atoms with Gasteiger partial charge in [-0.15, -0.1) is 0 Å². The highest BCUT2D eigenvalue weighted by atomic mass is 16.5. The van der Waals surface area contributed by atoms with Gasteiger partial charge in [-0.25, -0.2) is 0 Å². The number of anilines is 1. The molecule has 0 radical (unpaired) electrons. The molecule has 0 saturated carbocycles. The number of hydrogen-bond donors (Lipinski definition) is 1. The molecule has 1 heterocycles. The Morgan fingerprint density at radius 2 is 2.12 bits per heavy atom. The van der Waals surface area contributed by atoms with Gasteiger partial charge in [0, 0.05) is 30.2 Å². The lowest BCUT2D eigenvalue weighted by Crippen LogP contribution is -2.25. The summed E-state index contributed by atoms with van der Waals surface area (Å²) < 4.78 is 11.1. The Labute approximate surface area is 101 Å². The molecule has 0 aromatic heterocycles. The van der Waals surface area contributed by atoms with Gasteiger partial charge in [0.1, 0.15) is 11.9 Å². The number of ketones is 1. The second kappa shape index (κ2) is 5.19. The summed E-state index contributed by atoms with van der Waals surface area (Å²) in [5.74, 6) is 0.694. The van der Waals surface area contributed by atoms with Crippen LogP contribution >= 0.6 is 0 Å². The zero-order valence-corrected chi connectivity index (χ0v) is 9.94. The normalized spacial score (nSPS) is 16.8. The number of carbonyl (C=O) groups excluding carboxylic acids is 1. The van der Waals surface area contributed by atoms with E-state index in [1.54, 1.807) is 18.2 Å². The standard InChI is InChI=1S/C13H17NO3/c1-9(15)12-3-2-11(8-13(12)14)17-10-4-6-16-7-5-10/h2-3,8,10H,4-7,14H2,1H3. The fourth-order valence-corrected chi connectivity index (χ4v) is 1.92. The van der Waals surface area contributed by atoms with E-state index >= 15 is 0 Å². The van der Waals surface area contributed by atoms with Crippen molar-refractivity contribution in [3.05, 3.63) is 23.8 Å². The van der Waals surface area contributed by atoms with Gasteiger partial charge in [-0.2, -0.15) is 0 Å². The lowest BCUT2D eigenvalue weighted by atomic mass is 10.1. The van der Waals surface area contributed by atoms with Crippen LogP contribution in [0.4, 0.5) is 5.69 Å². The third kappa shape index (κ3) is 2.97. The monoisotopic (exact) mass is 235 g/mol. The topological polar surface area (TPSA) is 61.5 Å². The summed E-state index contributed by atoms with van der Waals surface area (Å²) in [6, 6.07) is 5.22. The van der Waals surface area contributed by atoms with Crippen LogP contribution in [0.25, 0.3) is 0 Å². The molecule has 1 aliphatic heterocycles. The number of nitrogens with two attached hydrogens (primary N) is 1. The SMILES string of the molecule is CC(=O)c1ccc(OC2CCOCC2)cc1N. The highest BCUT2D eigenvalue weighted by Gasteiger charge is 2.15. The molecule has 1 fully saturated rings. The Bertz CT molecular complexity index is 411. The molecule has 0 aliphatic carbocycles. The summed E-state index contributed by atoms with van der Waals surface area (Å²) in [4.78, 5) is 11.2. The second-order valence-electron chi connectivity index (χ2n) is 4.23. The molecule has 0 amide bonds. The molecule has 4 heteroatoms.